The largest absolute Gasteiger partial charge is 0.394 e. The molecule has 88 valence electrons. The molecule has 1 aromatic rings. The van der Waals surface area contributed by atoms with Gasteiger partial charge >= 0.3 is 6.03 Å². The number of hydrogen-bond acceptors (Lipinski definition) is 3. The molecule has 16 heavy (non-hydrogen) atoms. The summed E-state index contributed by atoms with van der Waals surface area (Å²) in [6.07, 6.45) is 0.686. The molecule has 0 aliphatic rings. The maximum atomic E-state index is 11.5. The standard InChI is InChI=1S/C11H17N3O2/c1-3-9(7-15)13-11(16)14-10-6-4-5-8(2)12-10/h4-6,9,15H,3,7H2,1-2H3,(H2,12,13,14,16)/t9-/m1/s1. The van der Waals surface area contributed by atoms with Crippen molar-refractivity contribution in [3.05, 3.63) is 23.9 Å². The van der Waals surface area contributed by atoms with Gasteiger partial charge in [0.2, 0.25) is 0 Å². The van der Waals surface area contributed by atoms with E-state index in [1.807, 2.05) is 26.0 Å². The predicted octanol–water partition coefficient (Wildman–Crippen LogP) is 1.28. The lowest BCUT2D eigenvalue weighted by molar-refractivity contribution is 0.222. The molecule has 1 aromatic heterocycles. The Morgan fingerprint density at radius 3 is 2.88 bits per heavy atom. The summed E-state index contributed by atoms with van der Waals surface area (Å²) in [7, 11) is 0. The Kier molecular flexibility index (Phi) is 4.72. The molecule has 1 heterocycles. The molecule has 0 saturated carbocycles. The fraction of sp³-hybridized carbons (Fsp3) is 0.455. The summed E-state index contributed by atoms with van der Waals surface area (Å²) in [5.41, 5.74) is 0.840. The van der Waals surface area contributed by atoms with Gasteiger partial charge in [0, 0.05) is 5.69 Å². The number of anilines is 1. The number of nitrogens with one attached hydrogen (secondary N) is 2. The van der Waals surface area contributed by atoms with Gasteiger partial charge in [0.15, 0.2) is 0 Å². The number of amides is 2. The second kappa shape index (κ2) is 6.07. The van der Waals surface area contributed by atoms with Crippen molar-refractivity contribution < 1.29 is 9.90 Å². The molecule has 0 fully saturated rings. The number of urea groups is 1. The van der Waals surface area contributed by atoms with E-state index in [9.17, 15) is 4.79 Å². The third kappa shape index (κ3) is 3.86. The summed E-state index contributed by atoms with van der Waals surface area (Å²) in [4.78, 5) is 15.6. The van der Waals surface area contributed by atoms with E-state index in [4.69, 9.17) is 5.11 Å². The van der Waals surface area contributed by atoms with Crippen molar-refractivity contribution in [1.82, 2.24) is 10.3 Å². The zero-order valence-corrected chi connectivity index (χ0v) is 9.53. The van der Waals surface area contributed by atoms with E-state index in [1.54, 1.807) is 6.07 Å². The number of aryl methyl sites for hydroxylation is 1. The Balaban J connectivity index is 2.51. The average Bonchev–Trinajstić information content (AvgIpc) is 2.26. The molecular formula is C11H17N3O2. The summed E-state index contributed by atoms with van der Waals surface area (Å²) >= 11 is 0. The Bertz CT molecular complexity index is 351. The fourth-order valence-corrected chi connectivity index (χ4v) is 1.23. The van der Waals surface area contributed by atoms with Gasteiger partial charge in [0.1, 0.15) is 5.82 Å². The predicted molar refractivity (Wildman–Crippen MR) is 62.3 cm³/mol. The number of aromatic nitrogens is 1. The summed E-state index contributed by atoms with van der Waals surface area (Å²) in [6, 6.07) is 4.82. The number of pyridine rings is 1. The molecule has 0 unspecified atom stereocenters. The van der Waals surface area contributed by atoms with Crippen LogP contribution in [0.2, 0.25) is 0 Å². The summed E-state index contributed by atoms with van der Waals surface area (Å²) < 4.78 is 0. The Morgan fingerprint density at radius 1 is 1.56 bits per heavy atom. The van der Waals surface area contributed by atoms with Crippen LogP contribution in [-0.2, 0) is 0 Å². The quantitative estimate of drug-likeness (QED) is 0.720. The van der Waals surface area contributed by atoms with Crippen molar-refractivity contribution in [3.63, 3.8) is 0 Å². The lowest BCUT2D eigenvalue weighted by Crippen LogP contribution is -2.39. The molecule has 0 bridgehead atoms. The van der Waals surface area contributed by atoms with Crippen molar-refractivity contribution >= 4 is 11.8 Å². The highest BCUT2D eigenvalue weighted by molar-refractivity contribution is 5.88. The molecule has 0 saturated heterocycles. The number of rotatable bonds is 4. The Labute approximate surface area is 94.9 Å². The van der Waals surface area contributed by atoms with Gasteiger partial charge in [-0.2, -0.15) is 0 Å². The summed E-state index contributed by atoms with van der Waals surface area (Å²) in [5.74, 6) is 0.505. The van der Waals surface area contributed by atoms with Crippen LogP contribution in [-0.4, -0.2) is 28.8 Å². The molecule has 2 amide bonds. The second-order valence-electron chi connectivity index (χ2n) is 3.55. The fourth-order valence-electron chi connectivity index (χ4n) is 1.23. The van der Waals surface area contributed by atoms with E-state index < -0.39 is 0 Å². The van der Waals surface area contributed by atoms with Crippen molar-refractivity contribution in [3.8, 4) is 0 Å². The minimum Gasteiger partial charge on any atom is -0.394 e. The number of hydrogen-bond donors (Lipinski definition) is 3. The third-order valence-corrected chi connectivity index (χ3v) is 2.18. The first-order valence-corrected chi connectivity index (χ1v) is 5.27. The van der Waals surface area contributed by atoms with Gasteiger partial charge in [-0.25, -0.2) is 9.78 Å². The normalized spacial score (nSPS) is 11.9. The SMILES string of the molecule is CC[C@H](CO)NC(=O)Nc1cccc(C)n1. The molecule has 0 aliphatic carbocycles. The summed E-state index contributed by atoms with van der Waals surface area (Å²) in [6.45, 7) is 3.68. The van der Waals surface area contributed by atoms with Crippen LogP contribution in [0.1, 0.15) is 19.0 Å². The zero-order chi connectivity index (χ0) is 12.0. The maximum absolute atomic E-state index is 11.5. The monoisotopic (exact) mass is 223 g/mol. The third-order valence-electron chi connectivity index (χ3n) is 2.18. The first kappa shape index (κ1) is 12.4. The number of carbonyl (C=O) groups excluding carboxylic acids is 1. The van der Waals surface area contributed by atoms with Crippen molar-refractivity contribution in [1.29, 1.82) is 0 Å². The van der Waals surface area contributed by atoms with Crippen molar-refractivity contribution in [2.24, 2.45) is 0 Å². The highest BCUT2D eigenvalue weighted by Gasteiger charge is 2.09. The van der Waals surface area contributed by atoms with Crippen LogP contribution in [0.5, 0.6) is 0 Å². The van der Waals surface area contributed by atoms with Crippen LogP contribution in [0, 0.1) is 6.92 Å². The maximum Gasteiger partial charge on any atom is 0.320 e. The van der Waals surface area contributed by atoms with Gasteiger partial charge in [-0.1, -0.05) is 13.0 Å². The van der Waals surface area contributed by atoms with E-state index in [1.165, 1.54) is 0 Å². The minimum atomic E-state index is -0.348. The van der Waals surface area contributed by atoms with Gasteiger partial charge in [-0.15, -0.1) is 0 Å². The van der Waals surface area contributed by atoms with Gasteiger partial charge in [-0.3, -0.25) is 5.32 Å². The molecule has 0 spiro atoms. The van der Waals surface area contributed by atoms with Gasteiger partial charge < -0.3 is 10.4 Å². The number of nitrogens with zero attached hydrogens (tertiary/aromatic N) is 1. The average molecular weight is 223 g/mol. The van der Waals surface area contributed by atoms with Gasteiger partial charge in [0.25, 0.3) is 0 Å². The van der Waals surface area contributed by atoms with Crippen LogP contribution in [0.15, 0.2) is 18.2 Å². The highest BCUT2D eigenvalue weighted by atomic mass is 16.3. The first-order chi connectivity index (χ1) is 7.65. The molecule has 0 aliphatic heterocycles. The smallest absolute Gasteiger partial charge is 0.320 e. The van der Waals surface area contributed by atoms with E-state index in [0.29, 0.717) is 12.2 Å². The lowest BCUT2D eigenvalue weighted by atomic mass is 10.2. The molecule has 0 radical (unpaired) electrons. The molecule has 1 rings (SSSR count). The number of carbonyl (C=O) groups is 1. The zero-order valence-electron chi connectivity index (χ0n) is 9.53. The molecular weight excluding hydrogens is 206 g/mol. The van der Waals surface area contributed by atoms with Crippen LogP contribution < -0.4 is 10.6 Å². The molecule has 1 atom stereocenters. The van der Waals surface area contributed by atoms with E-state index >= 15 is 0 Å². The highest BCUT2D eigenvalue weighted by Crippen LogP contribution is 2.03. The van der Waals surface area contributed by atoms with Crippen molar-refractivity contribution in [2.75, 3.05) is 11.9 Å². The van der Waals surface area contributed by atoms with Crippen LogP contribution in [0.4, 0.5) is 10.6 Å². The molecule has 5 heteroatoms. The summed E-state index contributed by atoms with van der Waals surface area (Å²) in [5, 5.41) is 14.2. The minimum absolute atomic E-state index is 0.0643. The topological polar surface area (TPSA) is 74.2 Å². The lowest BCUT2D eigenvalue weighted by Gasteiger charge is -2.14. The van der Waals surface area contributed by atoms with E-state index in [2.05, 4.69) is 15.6 Å². The van der Waals surface area contributed by atoms with Gasteiger partial charge in [-0.05, 0) is 25.5 Å². The van der Waals surface area contributed by atoms with E-state index in [-0.39, 0.29) is 18.7 Å². The Hall–Kier alpha value is -1.62. The van der Waals surface area contributed by atoms with Crippen LogP contribution in [0.3, 0.4) is 0 Å². The first-order valence-electron chi connectivity index (χ1n) is 5.27. The molecule has 0 aromatic carbocycles. The van der Waals surface area contributed by atoms with Gasteiger partial charge in [0.05, 0.1) is 12.6 Å². The number of aliphatic hydroxyl groups excluding tert-OH is 1. The van der Waals surface area contributed by atoms with Crippen LogP contribution in [0.25, 0.3) is 0 Å². The molecule has 3 N–H and O–H groups in total. The second-order valence-corrected chi connectivity index (χ2v) is 3.55. The van der Waals surface area contributed by atoms with E-state index in [0.717, 1.165) is 5.69 Å². The Morgan fingerprint density at radius 2 is 2.31 bits per heavy atom. The molecule has 5 nitrogen and oxygen atoms in total. The number of aliphatic hydroxyl groups is 1. The van der Waals surface area contributed by atoms with Crippen molar-refractivity contribution in [2.45, 2.75) is 26.3 Å². The van der Waals surface area contributed by atoms with Crippen LogP contribution >= 0.6 is 0 Å².